The van der Waals surface area contributed by atoms with E-state index in [0.29, 0.717) is 0 Å². The fourth-order valence-corrected chi connectivity index (χ4v) is 2.86. The van der Waals surface area contributed by atoms with E-state index in [0.717, 1.165) is 11.7 Å². The van der Waals surface area contributed by atoms with Crippen LogP contribution < -0.4 is 5.32 Å². The maximum Gasteiger partial charge on any atom is 0.110 e. The highest BCUT2D eigenvalue weighted by molar-refractivity contribution is 5.36. The number of benzene rings is 1. The zero-order chi connectivity index (χ0) is 13.1. The molecule has 2 aromatic rings. The Morgan fingerprint density at radius 1 is 1.21 bits per heavy atom. The Kier molecular flexibility index (Phi) is 3.65. The molecule has 3 rings (SSSR count). The molecule has 0 saturated carbocycles. The number of rotatable bonds is 3. The Balaban J connectivity index is 1.70. The van der Waals surface area contributed by atoms with Crippen molar-refractivity contribution >= 4 is 0 Å². The Bertz CT molecular complexity index is 521. The van der Waals surface area contributed by atoms with E-state index in [4.69, 9.17) is 0 Å². The molecule has 1 aromatic carbocycles. The van der Waals surface area contributed by atoms with E-state index in [1.54, 1.807) is 0 Å². The first-order chi connectivity index (χ1) is 9.33. The van der Waals surface area contributed by atoms with Crippen molar-refractivity contribution in [1.29, 1.82) is 0 Å². The molecule has 1 aliphatic heterocycles. The van der Waals surface area contributed by atoms with Crippen molar-refractivity contribution in [2.75, 3.05) is 13.1 Å². The number of hydrogen-bond acceptors (Lipinski definition) is 2. The monoisotopic (exact) mass is 255 g/mol. The van der Waals surface area contributed by atoms with Gasteiger partial charge in [-0.3, -0.25) is 0 Å². The van der Waals surface area contributed by atoms with Crippen LogP contribution in [0.25, 0.3) is 5.69 Å². The van der Waals surface area contributed by atoms with Crippen LogP contribution in [0, 0.1) is 12.8 Å². The van der Waals surface area contributed by atoms with Crippen LogP contribution in [0.4, 0.5) is 0 Å². The minimum atomic E-state index is 0.849. The second-order valence-corrected chi connectivity index (χ2v) is 5.41. The van der Waals surface area contributed by atoms with Crippen LogP contribution in [0.5, 0.6) is 0 Å². The first-order valence-corrected chi connectivity index (χ1v) is 7.13. The minimum Gasteiger partial charge on any atom is -0.317 e. The van der Waals surface area contributed by atoms with Crippen LogP contribution in [0.2, 0.25) is 0 Å². The number of piperidine rings is 1. The largest absolute Gasteiger partial charge is 0.317 e. The second-order valence-electron chi connectivity index (χ2n) is 5.41. The molecule has 0 radical (unpaired) electrons. The fourth-order valence-electron chi connectivity index (χ4n) is 2.86. The minimum absolute atomic E-state index is 0.849. The molecule has 1 aromatic heterocycles. The molecule has 1 saturated heterocycles. The standard InChI is InChI=1S/C16H21N3/c1-13-18-10-11-19(13)16-4-2-14(3-5-16)12-15-6-8-17-9-7-15/h2-5,10-11,15,17H,6-9,12H2,1H3. The van der Waals surface area contributed by atoms with Gasteiger partial charge in [-0.25, -0.2) is 4.98 Å². The van der Waals surface area contributed by atoms with Gasteiger partial charge in [-0.05, 0) is 62.9 Å². The summed E-state index contributed by atoms with van der Waals surface area (Å²) >= 11 is 0. The third-order valence-electron chi connectivity index (χ3n) is 4.02. The van der Waals surface area contributed by atoms with Gasteiger partial charge in [0.2, 0.25) is 0 Å². The molecule has 3 heteroatoms. The average Bonchev–Trinajstić information content (AvgIpc) is 2.87. The Morgan fingerprint density at radius 2 is 1.95 bits per heavy atom. The zero-order valence-electron chi connectivity index (χ0n) is 11.5. The van der Waals surface area contributed by atoms with E-state index in [-0.39, 0.29) is 0 Å². The van der Waals surface area contributed by atoms with Gasteiger partial charge in [-0.15, -0.1) is 0 Å². The van der Waals surface area contributed by atoms with E-state index in [1.165, 1.54) is 43.6 Å². The van der Waals surface area contributed by atoms with Gasteiger partial charge in [0, 0.05) is 18.1 Å². The molecule has 100 valence electrons. The number of aromatic nitrogens is 2. The van der Waals surface area contributed by atoms with Crippen LogP contribution in [-0.4, -0.2) is 22.6 Å². The van der Waals surface area contributed by atoms with Gasteiger partial charge < -0.3 is 9.88 Å². The maximum absolute atomic E-state index is 4.27. The predicted octanol–water partition coefficient (Wildman–Crippen LogP) is 2.72. The summed E-state index contributed by atoms with van der Waals surface area (Å²) in [5.41, 5.74) is 2.65. The third-order valence-corrected chi connectivity index (χ3v) is 4.02. The Morgan fingerprint density at radius 3 is 2.58 bits per heavy atom. The lowest BCUT2D eigenvalue weighted by atomic mass is 9.91. The molecule has 19 heavy (non-hydrogen) atoms. The lowest BCUT2D eigenvalue weighted by Gasteiger charge is -2.22. The molecule has 0 atom stereocenters. The average molecular weight is 255 g/mol. The highest BCUT2D eigenvalue weighted by Crippen LogP contribution is 2.19. The van der Waals surface area contributed by atoms with Crippen molar-refractivity contribution in [1.82, 2.24) is 14.9 Å². The number of hydrogen-bond donors (Lipinski definition) is 1. The number of nitrogens with one attached hydrogen (secondary N) is 1. The van der Waals surface area contributed by atoms with Crippen LogP contribution in [0.1, 0.15) is 24.2 Å². The van der Waals surface area contributed by atoms with E-state index >= 15 is 0 Å². The highest BCUT2D eigenvalue weighted by Gasteiger charge is 2.13. The summed E-state index contributed by atoms with van der Waals surface area (Å²) in [4.78, 5) is 4.27. The van der Waals surface area contributed by atoms with Crippen molar-refractivity contribution in [3.63, 3.8) is 0 Å². The Labute approximate surface area is 114 Å². The van der Waals surface area contributed by atoms with Gasteiger partial charge in [-0.2, -0.15) is 0 Å². The zero-order valence-corrected chi connectivity index (χ0v) is 11.5. The van der Waals surface area contributed by atoms with Gasteiger partial charge >= 0.3 is 0 Å². The molecule has 2 heterocycles. The van der Waals surface area contributed by atoms with Crippen LogP contribution in [0.15, 0.2) is 36.7 Å². The Hall–Kier alpha value is -1.61. The summed E-state index contributed by atoms with van der Waals surface area (Å²) in [5.74, 6) is 1.88. The molecule has 0 amide bonds. The molecule has 0 aliphatic carbocycles. The van der Waals surface area contributed by atoms with Crippen molar-refractivity contribution in [3.8, 4) is 5.69 Å². The molecular formula is C16H21N3. The van der Waals surface area contributed by atoms with Gasteiger partial charge in [0.1, 0.15) is 5.82 Å². The summed E-state index contributed by atoms with van der Waals surface area (Å²) < 4.78 is 2.12. The van der Waals surface area contributed by atoms with Crippen LogP contribution in [-0.2, 0) is 6.42 Å². The third kappa shape index (κ3) is 2.87. The number of nitrogens with zero attached hydrogens (tertiary/aromatic N) is 2. The lowest BCUT2D eigenvalue weighted by Crippen LogP contribution is -2.28. The lowest BCUT2D eigenvalue weighted by molar-refractivity contribution is 0.372. The molecule has 1 N–H and O–H groups in total. The maximum atomic E-state index is 4.27. The summed E-state index contributed by atoms with van der Waals surface area (Å²) in [7, 11) is 0. The van der Waals surface area contributed by atoms with E-state index in [2.05, 4.69) is 39.1 Å². The molecule has 3 nitrogen and oxygen atoms in total. The van der Waals surface area contributed by atoms with Gasteiger partial charge in [0.15, 0.2) is 0 Å². The van der Waals surface area contributed by atoms with Crippen LogP contribution in [0.3, 0.4) is 0 Å². The number of imidazole rings is 1. The summed E-state index contributed by atoms with van der Waals surface area (Å²) in [6, 6.07) is 8.92. The van der Waals surface area contributed by atoms with Crippen molar-refractivity contribution in [2.24, 2.45) is 5.92 Å². The summed E-state index contributed by atoms with van der Waals surface area (Å²) in [5, 5.41) is 3.42. The number of aryl methyl sites for hydroxylation is 1. The fraction of sp³-hybridized carbons (Fsp3) is 0.438. The predicted molar refractivity (Wildman–Crippen MR) is 77.6 cm³/mol. The molecule has 0 unspecified atom stereocenters. The van der Waals surface area contributed by atoms with Gasteiger partial charge in [0.05, 0.1) is 0 Å². The SMILES string of the molecule is Cc1nccn1-c1ccc(CC2CCNCC2)cc1. The van der Waals surface area contributed by atoms with Crippen molar-refractivity contribution in [2.45, 2.75) is 26.2 Å². The van der Waals surface area contributed by atoms with E-state index in [9.17, 15) is 0 Å². The quantitative estimate of drug-likeness (QED) is 0.914. The van der Waals surface area contributed by atoms with Gasteiger partial charge in [-0.1, -0.05) is 12.1 Å². The molecule has 1 aliphatic rings. The molecule has 0 spiro atoms. The smallest absolute Gasteiger partial charge is 0.110 e. The first-order valence-electron chi connectivity index (χ1n) is 7.13. The first kappa shape index (κ1) is 12.4. The molecule has 0 bridgehead atoms. The van der Waals surface area contributed by atoms with Crippen molar-refractivity contribution in [3.05, 3.63) is 48.0 Å². The topological polar surface area (TPSA) is 29.9 Å². The normalized spacial score (nSPS) is 16.7. The highest BCUT2D eigenvalue weighted by atomic mass is 15.1. The molecule has 1 fully saturated rings. The molecular weight excluding hydrogens is 234 g/mol. The second kappa shape index (κ2) is 5.57. The van der Waals surface area contributed by atoms with Gasteiger partial charge in [0.25, 0.3) is 0 Å². The van der Waals surface area contributed by atoms with Crippen molar-refractivity contribution < 1.29 is 0 Å². The summed E-state index contributed by atoms with van der Waals surface area (Å²) in [6.07, 6.45) is 7.69. The van der Waals surface area contributed by atoms with E-state index < -0.39 is 0 Å². The van der Waals surface area contributed by atoms with E-state index in [1.807, 2.05) is 19.3 Å². The summed E-state index contributed by atoms with van der Waals surface area (Å²) in [6.45, 7) is 4.39. The van der Waals surface area contributed by atoms with Crippen LogP contribution >= 0.6 is 0 Å².